The molecule has 5 heteroatoms. The van der Waals surface area contributed by atoms with Crippen molar-refractivity contribution in [2.75, 3.05) is 13.1 Å². The lowest BCUT2D eigenvalue weighted by molar-refractivity contribution is -0.127. The number of rotatable bonds is 6. The van der Waals surface area contributed by atoms with E-state index in [1.807, 2.05) is 19.9 Å². The predicted octanol–water partition coefficient (Wildman–Crippen LogP) is 2.92. The van der Waals surface area contributed by atoms with E-state index in [9.17, 15) is 9.59 Å². The average Bonchev–Trinajstić information content (AvgIpc) is 3.09. The van der Waals surface area contributed by atoms with Crippen molar-refractivity contribution in [2.24, 2.45) is 0 Å². The van der Waals surface area contributed by atoms with Crippen molar-refractivity contribution < 1.29 is 14.0 Å². The first kappa shape index (κ1) is 16.5. The van der Waals surface area contributed by atoms with Crippen molar-refractivity contribution in [1.82, 2.24) is 10.2 Å². The molecule has 120 valence electrons. The number of likely N-dealkylation sites (N-methyl/N-ethyl adjacent to an activating group) is 1. The van der Waals surface area contributed by atoms with Gasteiger partial charge in [-0.15, -0.1) is 0 Å². The fraction of sp³-hybridized carbons (Fsp3) is 0.222. The molecule has 0 unspecified atom stereocenters. The Bertz CT molecular complexity index is 672. The van der Waals surface area contributed by atoms with E-state index in [-0.39, 0.29) is 17.5 Å². The zero-order chi connectivity index (χ0) is 16.7. The summed E-state index contributed by atoms with van der Waals surface area (Å²) in [7, 11) is 0. The van der Waals surface area contributed by atoms with Crippen LogP contribution in [-0.4, -0.2) is 29.8 Å². The minimum atomic E-state index is -0.330. The molecule has 0 fully saturated rings. The quantitative estimate of drug-likeness (QED) is 0.834. The number of furan rings is 1. The van der Waals surface area contributed by atoms with Crippen LogP contribution < -0.4 is 5.32 Å². The topological polar surface area (TPSA) is 62.6 Å². The lowest BCUT2D eigenvalue weighted by atomic mass is 10.2. The Morgan fingerprint density at radius 2 is 1.78 bits per heavy atom. The maximum Gasteiger partial charge on any atom is 0.270 e. The van der Waals surface area contributed by atoms with Gasteiger partial charge in [0, 0.05) is 24.7 Å². The first-order valence-corrected chi connectivity index (χ1v) is 7.56. The van der Waals surface area contributed by atoms with Crippen molar-refractivity contribution in [3.8, 4) is 0 Å². The summed E-state index contributed by atoms with van der Waals surface area (Å²) in [6, 6.07) is 12.2. The van der Waals surface area contributed by atoms with E-state index in [0.29, 0.717) is 24.4 Å². The molecule has 5 nitrogen and oxygen atoms in total. The number of nitrogens with zero attached hydrogens (tertiary/aromatic N) is 1. The van der Waals surface area contributed by atoms with Gasteiger partial charge in [0.1, 0.15) is 11.5 Å². The van der Waals surface area contributed by atoms with Gasteiger partial charge in [0.2, 0.25) is 0 Å². The maximum absolute atomic E-state index is 12.6. The number of benzene rings is 1. The largest absolute Gasteiger partial charge is 0.465 e. The van der Waals surface area contributed by atoms with E-state index in [1.54, 1.807) is 47.4 Å². The molecule has 2 rings (SSSR count). The molecule has 0 radical (unpaired) electrons. The molecule has 1 N–H and O–H groups in total. The first-order chi connectivity index (χ1) is 11.2. The third kappa shape index (κ3) is 4.32. The highest BCUT2D eigenvalue weighted by atomic mass is 16.3. The molecule has 1 aromatic heterocycles. The average molecular weight is 312 g/mol. The van der Waals surface area contributed by atoms with E-state index < -0.39 is 0 Å². The second kappa shape index (κ2) is 7.98. The van der Waals surface area contributed by atoms with Crippen molar-refractivity contribution in [1.29, 1.82) is 0 Å². The van der Waals surface area contributed by atoms with Crippen molar-refractivity contribution in [3.05, 3.63) is 65.7 Å². The Kier molecular flexibility index (Phi) is 5.74. The summed E-state index contributed by atoms with van der Waals surface area (Å²) in [6.45, 7) is 4.91. The fourth-order valence-corrected chi connectivity index (χ4v) is 2.13. The standard InChI is InChI=1S/C18H20N2O3/c1-3-20(4-2)18(22)16(13-15-11-8-12-23-15)19-17(21)14-9-6-5-7-10-14/h5-13H,3-4H2,1-2H3,(H,19,21)/b16-13+. The third-order valence-corrected chi connectivity index (χ3v) is 3.40. The molecule has 0 aliphatic carbocycles. The van der Waals surface area contributed by atoms with Gasteiger partial charge in [0.25, 0.3) is 11.8 Å². The van der Waals surface area contributed by atoms with Crippen molar-refractivity contribution >= 4 is 17.9 Å². The highest BCUT2D eigenvalue weighted by Gasteiger charge is 2.19. The van der Waals surface area contributed by atoms with Gasteiger partial charge in [-0.05, 0) is 38.1 Å². The Morgan fingerprint density at radius 3 is 2.35 bits per heavy atom. The van der Waals surface area contributed by atoms with E-state index in [2.05, 4.69) is 5.32 Å². The minimum absolute atomic E-state index is 0.192. The fourth-order valence-electron chi connectivity index (χ4n) is 2.13. The molecule has 0 aliphatic rings. The smallest absolute Gasteiger partial charge is 0.270 e. The first-order valence-electron chi connectivity index (χ1n) is 7.56. The Morgan fingerprint density at radius 1 is 1.09 bits per heavy atom. The lowest BCUT2D eigenvalue weighted by Crippen LogP contribution is -2.38. The summed E-state index contributed by atoms with van der Waals surface area (Å²) in [6.07, 6.45) is 3.06. The molecular weight excluding hydrogens is 292 g/mol. The second-order valence-electron chi connectivity index (χ2n) is 4.87. The molecule has 0 atom stereocenters. The molecule has 0 bridgehead atoms. The zero-order valence-electron chi connectivity index (χ0n) is 13.3. The monoisotopic (exact) mass is 312 g/mol. The molecule has 2 aromatic rings. The van der Waals surface area contributed by atoms with Crippen LogP contribution in [0.3, 0.4) is 0 Å². The van der Waals surface area contributed by atoms with Gasteiger partial charge in [-0.2, -0.15) is 0 Å². The molecule has 0 spiro atoms. The zero-order valence-corrected chi connectivity index (χ0v) is 13.3. The summed E-state index contributed by atoms with van der Waals surface area (Å²) >= 11 is 0. The van der Waals surface area contributed by atoms with Gasteiger partial charge in [0.05, 0.1) is 6.26 Å². The van der Waals surface area contributed by atoms with E-state index in [4.69, 9.17) is 4.42 Å². The second-order valence-corrected chi connectivity index (χ2v) is 4.87. The van der Waals surface area contributed by atoms with E-state index in [0.717, 1.165) is 0 Å². The van der Waals surface area contributed by atoms with Gasteiger partial charge in [-0.3, -0.25) is 9.59 Å². The maximum atomic E-state index is 12.6. The normalized spacial score (nSPS) is 11.1. The molecule has 1 aromatic carbocycles. The summed E-state index contributed by atoms with van der Waals surface area (Å²) < 4.78 is 5.25. The van der Waals surface area contributed by atoms with Gasteiger partial charge in [-0.1, -0.05) is 18.2 Å². The van der Waals surface area contributed by atoms with E-state index in [1.165, 1.54) is 6.26 Å². The van der Waals surface area contributed by atoms with Crippen LogP contribution in [0.25, 0.3) is 6.08 Å². The lowest BCUT2D eigenvalue weighted by Gasteiger charge is -2.20. The van der Waals surface area contributed by atoms with Gasteiger partial charge in [-0.25, -0.2) is 0 Å². The number of carbonyl (C=O) groups excluding carboxylic acids is 2. The van der Waals surface area contributed by atoms with Crippen LogP contribution in [0, 0.1) is 0 Å². The van der Waals surface area contributed by atoms with Crippen LogP contribution >= 0.6 is 0 Å². The number of amides is 2. The molecule has 0 aliphatic heterocycles. The number of hydrogen-bond donors (Lipinski definition) is 1. The van der Waals surface area contributed by atoms with Crippen LogP contribution in [0.4, 0.5) is 0 Å². The van der Waals surface area contributed by atoms with Crippen molar-refractivity contribution in [3.63, 3.8) is 0 Å². The summed E-state index contributed by atoms with van der Waals surface area (Å²) in [4.78, 5) is 26.6. The SMILES string of the molecule is CCN(CC)C(=O)/C(=C\c1ccco1)NC(=O)c1ccccc1. The summed E-state index contributed by atoms with van der Waals surface area (Å²) in [5, 5.41) is 2.69. The molecule has 0 saturated carbocycles. The highest BCUT2D eigenvalue weighted by molar-refractivity contribution is 6.05. The van der Waals surface area contributed by atoms with Gasteiger partial charge >= 0.3 is 0 Å². The molecule has 2 amide bonds. The Hall–Kier alpha value is -2.82. The number of carbonyl (C=O) groups is 2. The molecular formula is C18H20N2O3. The number of nitrogens with one attached hydrogen (secondary N) is 1. The summed E-state index contributed by atoms with van der Waals surface area (Å²) in [5.74, 6) is -0.0616. The highest BCUT2D eigenvalue weighted by Crippen LogP contribution is 2.10. The molecule has 0 saturated heterocycles. The molecule has 1 heterocycles. The third-order valence-electron chi connectivity index (χ3n) is 3.40. The minimum Gasteiger partial charge on any atom is -0.465 e. The van der Waals surface area contributed by atoms with Crippen LogP contribution in [0.1, 0.15) is 30.0 Å². The van der Waals surface area contributed by atoms with E-state index >= 15 is 0 Å². The van der Waals surface area contributed by atoms with Crippen LogP contribution in [0.5, 0.6) is 0 Å². The Balaban J connectivity index is 2.27. The van der Waals surface area contributed by atoms with Gasteiger partial charge in [0.15, 0.2) is 0 Å². The summed E-state index contributed by atoms with van der Waals surface area (Å²) in [5.41, 5.74) is 0.683. The van der Waals surface area contributed by atoms with Crippen LogP contribution in [-0.2, 0) is 4.79 Å². The van der Waals surface area contributed by atoms with Gasteiger partial charge < -0.3 is 14.6 Å². The predicted molar refractivity (Wildman–Crippen MR) is 88.5 cm³/mol. The Labute approximate surface area is 135 Å². The van der Waals surface area contributed by atoms with Crippen molar-refractivity contribution in [2.45, 2.75) is 13.8 Å². The van der Waals surface area contributed by atoms with Crippen LogP contribution in [0.2, 0.25) is 0 Å². The van der Waals surface area contributed by atoms with Crippen LogP contribution in [0.15, 0.2) is 58.8 Å². The number of hydrogen-bond acceptors (Lipinski definition) is 3. The molecule has 23 heavy (non-hydrogen) atoms.